The molecule has 39 heavy (non-hydrogen) atoms. The lowest BCUT2D eigenvalue weighted by atomic mass is 9.93. The van der Waals surface area contributed by atoms with Crippen LogP contribution in [0.25, 0.3) is 10.2 Å². The van der Waals surface area contributed by atoms with Gasteiger partial charge in [0.1, 0.15) is 0 Å². The van der Waals surface area contributed by atoms with E-state index < -0.39 is 29.4 Å². The molecule has 2 aromatic carbocycles. The summed E-state index contributed by atoms with van der Waals surface area (Å²) < 4.78 is 0.919. The number of Topliss-reactive ketones (excluding diaryl/α,β-unsaturated/α-hetero) is 1. The summed E-state index contributed by atoms with van der Waals surface area (Å²) in [6, 6.07) is 15.7. The molecule has 2 heterocycles. The molecule has 1 saturated heterocycles. The molecule has 1 aromatic heterocycles. The highest BCUT2D eigenvalue weighted by molar-refractivity contribution is 7.20. The molecule has 0 spiro atoms. The number of likely N-dealkylation sites (tertiary alicyclic amines) is 1. The Kier molecular flexibility index (Phi) is 9.05. The van der Waals surface area contributed by atoms with Crippen LogP contribution in [-0.2, 0) is 16.0 Å². The number of thiazole rings is 1. The fraction of sp³-hybridized carbons (Fsp3) is 0.393. The number of rotatable bonds is 11. The van der Waals surface area contributed by atoms with Gasteiger partial charge in [-0.3, -0.25) is 29.6 Å². The number of carbonyl (C=O) groups excluding carboxylic acids is 3. The monoisotopic (exact) mass is 549 g/mol. The molecule has 1 aliphatic heterocycles. The van der Waals surface area contributed by atoms with Gasteiger partial charge in [0.25, 0.3) is 0 Å². The summed E-state index contributed by atoms with van der Waals surface area (Å²) in [4.78, 5) is 50.7. The SMILES string of the molecule is C[C@@](N)(Cc1ccccc1)C(=O)NC(=O)[C@@H]1CCCN1[C@@H](CCCN=C(N)N)C(=O)c1nc2ccccc2s1. The van der Waals surface area contributed by atoms with Gasteiger partial charge in [-0.05, 0) is 63.3 Å². The van der Waals surface area contributed by atoms with Gasteiger partial charge < -0.3 is 17.2 Å². The highest BCUT2D eigenvalue weighted by Crippen LogP contribution is 2.29. The van der Waals surface area contributed by atoms with Crippen LogP contribution >= 0.6 is 11.3 Å². The number of fused-ring (bicyclic) bond motifs is 1. The molecule has 4 rings (SSSR count). The van der Waals surface area contributed by atoms with Gasteiger partial charge >= 0.3 is 0 Å². The van der Waals surface area contributed by atoms with Crippen molar-refractivity contribution in [3.8, 4) is 0 Å². The summed E-state index contributed by atoms with van der Waals surface area (Å²) in [6.07, 6.45) is 2.50. The van der Waals surface area contributed by atoms with Gasteiger partial charge in [0.05, 0.1) is 27.8 Å². The highest BCUT2D eigenvalue weighted by Gasteiger charge is 2.41. The van der Waals surface area contributed by atoms with Crippen molar-refractivity contribution >= 4 is 45.1 Å². The molecule has 0 unspecified atom stereocenters. The number of carbonyl (C=O) groups is 3. The number of benzene rings is 2. The molecule has 1 aliphatic rings. The average molecular weight is 550 g/mol. The van der Waals surface area contributed by atoms with E-state index >= 15 is 0 Å². The Hall–Kier alpha value is -3.67. The lowest BCUT2D eigenvalue weighted by Gasteiger charge is -2.31. The maximum atomic E-state index is 13.8. The van der Waals surface area contributed by atoms with Gasteiger partial charge in [-0.15, -0.1) is 11.3 Å². The molecule has 3 aromatic rings. The molecular weight excluding hydrogens is 514 g/mol. The van der Waals surface area contributed by atoms with Crippen molar-refractivity contribution in [2.24, 2.45) is 22.2 Å². The van der Waals surface area contributed by atoms with Crippen LogP contribution in [0.1, 0.15) is 48.0 Å². The molecule has 10 nitrogen and oxygen atoms in total. The first-order chi connectivity index (χ1) is 18.7. The molecule has 7 N–H and O–H groups in total. The predicted molar refractivity (Wildman–Crippen MR) is 153 cm³/mol. The van der Waals surface area contributed by atoms with Gasteiger partial charge in [0.2, 0.25) is 17.6 Å². The second-order valence-corrected chi connectivity index (χ2v) is 11.1. The normalized spacial score (nSPS) is 17.8. The third kappa shape index (κ3) is 7.05. The second-order valence-electron chi connectivity index (χ2n) is 10.1. The summed E-state index contributed by atoms with van der Waals surface area (Å²) in [5.74, 6) is -1.17. The Balaban J connectivity index is 1.51. The lowest BCUT2D eigenvalue weighted by Crippen LogP contribution is -2.58. The van der Waals surface area contributed by atoms with Crippen molar-refractivity contribution in [1.29, 1.82) is 0 Å². The highest BCUT2D eigenvalue weighted by atomic mass is 32.1. The molecule has 206 valence electrons. The van der Waals surface area contributed by atoms with E-state index in [-0.39, 0.29) is 18.2 Å². The van der Waals surface area contributed by atoms with Crippen LogP contribution in [0.2, 0.25) is 0 Å². The third-order valence-corrected chi connectivity index (χ3v) is 7.96. The third-order valence-electron chi connectivity index (χ3n) is 6.90. The van der Waals surface area contributed by atoms with Crippen molar-refractivity contribution in [1.82, 2.24) is 15.2 Å². The number of guanidine groups is 1. The number of nitrogens with zero attached hydrogens (tertiary/aromatic N) is 3. The Bertz CT molecular complexity index is 1320. The van der Waals surface area contributed by atoms with E-state index in [1.807, 2.05) is 59.5 Å². The zero-order chi connectivity index (χ0) is 28.0. The van der Waals surface area contributed by atoms with E-state index in [0.29, 0.717) is 43.8 Å². The first-order valence-electron chi connectivity index (χ1n) is 13.0. The quantitative estimate of drug-likeness (QED) is 0.122. The van der Waals surface area contributed by atoms with Crippen LogP contribution in [0, 0.1) is 0 Å². The van der Waals surface area contributed by atoms with Crippen LogP contribution < -0.4 is 22.5 Å². The largest absolute Gasteiger partial charge is 0.370 e. The number of imide groups is 1. The minimum Gasteiger partial charge on any atom is -0.370 e. The van der Waals surface area contributed by atoms with Crippen LogP contribution in [-0.4, -0.2) is 64.2 Å². The maximum Gasteiger partial charge on any atom is 0.246 e. The minimum atomic E-state index is -1.28. The number of nitrogens with two attached hydrogens (primary N) is 3. The Morgan fingerprint density at radius 2 is 1.87 bits per heavy atom. The average Bonchev–Trinajstić information content (AvgIpc) is 3.56. The smallest absolute Gasteiger partial charge is 0.246 e. The Morgan fingerprint density at radius 1 is 1.15 bits per heavy atom. The van der Waals surface area contributed by atoms with E-state index in [2.05, 4.69) is 15.3 Å². The molecule has 0 aliphatic carbocycles. The molecule has 1 fully saturated rings. The molecule has 11 heteroatoms. The number of ketones is 1. The summed E-state index contributed by atoms with van der Waals surface area (Å²) in [5.41, 5.74) is 17.6. The van der Waals surface area contributed by atoms with E-state index in [1.165, 1.54) is 11.3 Å². The Morgan fingerprint density at radius 3 is 2.59 bits per heavy atom. The summed E-state index contributed by atoms with van der Waals surface area (Å²) in [5, 5.41) is 2.92. The van der Waals surface area contributed by atoms with Crippen LogP contribution in [0.3, 0.4) is 0 Å². The zero-order valence-corrected chi connectivity index (χ0v) is 22.8. The minimum absolute atomic E-state index is 0.0127. The van der Waals surface area contributed by atoms with Gasteiger partial charge in [0, 0.05) is 6.54 Å². The van der Waals surface area contributed by atoms with Crippen molar-refractivity contribution in [2.75, 3.05) is 13.1 Å². The second kappa shape index (κ2) is 12.5. The summed E-state index contributed by atoms with van der Waals surface area (Å²) in [7, 11) is 0. The topological polar surface area (TPSA) is 170 Å². The summed E-state index contributed by atoms with van der Waals surface area (Å²) in [6.45, 7) is 2.51. The number of hydrogen-bond donors (Lipinski definition) is 4. The number of para-hydroxylation sites is 1. The van der Waals surface area contributed by atoms with Crippen LogP contribution in [0.15, 0.2) is 59.6 Å². The van der Waals surface area contributed by atoms with Crippen LogP contribution in [0.5, 0.6) is 0 Å². The van der Waals surface area contributed by atoms with Crippen LogP contribution in [0.4, 0.5) is 0 Å². The molecule has 2 amide bonds. The van der Waals surface area contributed by atoms with Crippen molar-refractivity contribution in [3.63, 3.8) is 0 Å². The first kappa shape index (κ1) is 28.3. The number of amides is 2. The molecule has 3 atom stereocenters. The predicted octanol–water partition coefficient (Wildman–Crippen LogP) is 1.97. The van der Waals surface area contributed by atoms with Gasteiger partial charge in [0.15, 0.2) is 11.0 Å². The Labute approximate surface area is 231 Å². The first-order valence-corrected chi connectivity index (χ1v) is 13.9. The summed E-state index contributed by atoms with van der Waals surface area (Å²) >= 11 is 1.34. The molecule has 0 bridgehead atoms. The number of aromatic nitrogens is 1. The number of aliphatic imine (C=N–C) groups is 1. The number of nitrogens with one attached hydrogen (secondary N) is 1. The fourth-order valence-electron chi connectivity index (χ4n) is 4.94. The molecule has 0 radical (unpaired) electrons. The van der Waals surface area contributed by atoms with Crippen molar-refractivity contribution < 1.29 is 14.4 Å². The van der Waals surface area contributed by atoms with E-state index in [1.54, 1.807) is 6.92 Å². The fourth-order valence-corrected chi connectivity index (χ4v) is 5.90. The van der Waals surface area contributed by atoms with Gasteiger partial charge in [-0.25, -0.2) is 4.98 Å². The van der Waals surface area contributed by atoms with Gasteiger partial charge in [-0.2, -0.15) is 0 Å². The van der Waals surface area contributed by atoms with E-state index in [4.69, 9.17) is 17.2 Å². The van der Waals surface area contributed by atoms with Crippen molar-refractivity contribution in [2.45, 2.75) is 56.7 Å². The van der Waals surface area contributed by atoms with E-state index in [0.717, 1.165) is 15.8 Å². The van der Waals surface area contributed by atoms with E-state index in [9.17, 15) is 14.4 Å². The lowest BCUT2D eigenvalue weighted by molar-refractivity contribution is -0.135. The zero-order valence-electron chi connectivity index (χ0n) is 22.0. The molecular formula is C28H35N7O3S. The molecule has 0 saturated carbocycles. The number of hydrogen-bond acceptors (Lipinski definition) is 8. The standard InChI is InChI=1S/C28H35N7O3S/c1-28(31,17-18-9-3-2-4-10-18)26(38)34-24(37)21-13-8-16-35(21)20(12-7-15-32-27(29)30)23(36)25-33-19-11-5-6-14-22(19)39-25/h2-6,9-11,14,20-21H,7-8,12-13,15-17,31H2,1H3,(H4,29,30,32)(H,34,37,38)/t20-,21-,28+/m0/s1. The van der Waals surface area contributed by atoms with Crippen molar-refractivity contribution in [3.05, 3.63) is 65.2 Å². The van der Waals surface area contributed by atoms with Gasteiger partial charge in [-0.1, -0.05) is 42.5 Å². The maximum absolute atomic E-state index is 13.8.